The molecule has 1 amide bonds. The van der Waals surface area contributed by atoms with Gasteiger partial charge in [-0.25, -0.2) is 8.42 Å². The zero-order chi connectivity index (χ0) is 20.4. The van der Waals surface area contributed by atoms with Crippen LogP contribution in [0.4, 0.5) is 0 Å². The zero-order valence-corrected chi connectivity index (χ0v) is 18.3. The van der Waals surface area contributed by atoms with Gasteiger partial charge < -0.3 is 10.2 Å². The highest BCUT2D eigenvalue weighted by Crippen LogP contribution is 2.27. The fourth-order valence-electron chi connectivity index (χ4n) is 3.35. The number of benzene rings is 1. The van der Waals surface area contributed by atoms with Gasteiger partial charge in [0.05, 0.1) is 5.02 Å². The second-order valence-electron chi connectivity index (χ2n) is 7.84. The molecule has 0 unspecified atom stereocenters. The van der Waals surface area contributed by atoms with Gasteiger partial charge in [0.2, 0.25) is 10.0 Å². The van der Waals surface area contributed by atoms with Crippen molar-refractivity contribution in [1.82, 2.24) is 14.5 Å². The molecule has 0 bridgehead atoms. The van der Waals surface area contributed by atoms with Crippen LogP contribution in [0.15, 0.2) is 23.1 Å². The molecule has 2 rings (SSSR count). The van der Waals surface area contributed by atoms with Crippen LogP contribution in [-0.2, 0) is 10.0 Å². The van der Waals surface area contributed by atoms with Crippen LogP contribution in [0, 0.1) is 11.8 Å². The molecule has 1 aliphatic rings. The Bertz CT molecular complexity index is 764. The highest BCUT2D eigenvalue weighted by Gasteiger charge is 2.30. The maximum atomic E-state index is 13.0. The molecule has 0 aromatic heterocycles. The average Bonchev–Trinajstić information content (AvgIpc) is 2.59. The number of carbonyl (C=O) groups is 1. The topological polar surface area (TPSA) is 69.7 Å². The second kappa shape index (κ2) is 8.90. The maximum Gasteiger partial charge on any atom is 0.251 e. The second-order valence-corrected chi connectivity index (χ2v) is 10.2. The number of nitrogens with one attached hydrogen (secondary N) is 1. The number of piperazine rings is 1. The van der Waals surface area contributed by atoms with Crippen molar-refractivity contribution in [2.45, 2.75) is 38.6 Å². The maximum absolute atomic E-state index is 13.0. The van der Waals surface area contributed by atoms with Crippen molar-refractivity contribution in [3.05, 3.63) is 28.8 Å². The molecule has 1 aliphatic heterocycles. The van der Waals surface area contributed by atoms with Crippen molar-refractivity contribution in [3.8, 4) is 0 Å². The minimum absolute atomic E-state index is 0.00543. The molecule has 1 N–H and O–H groups in total. The molecule has 1 aromatic rings. The molecule has 1 saturated heterocycles. The number of hydrogen-bond acceptors (Lipinski definition) is 4. The highest BCUT2D eigenvalue weighted by molar-refractivity contribution is 7.89. The number of hydrogen-bond donors (Lipinski definition) is 1. The van der Waals surface area contributed by atoms with Gasteiger partial charge >= 0.3 is 0 Å². The fourth-order valence-corrected chi connectivity index (χ4v) is 5.27. The number of sulfonamides is 1. The van der Waals surface area contributed by atoms with E-state index in [4.69, 9.17) is 11.6 Å². The normalized spacial score (nSPS) is 17.1. The van der Waals surface area contributed by atoms with Gasteiger partial charge in [-0.3, -0.25) is 4.79 Å². The summed E-state index contributed by atoms with van der Waals surface area (Å²) in [6.45, 7) is 10.4. The summed E-state index contributed by atoms with van der Waals surface area (Å²) in [7, 11) is -1.78. The molecule has 1 fully saturated rings. The molecule has 0 saturated carbocycles. The third-order valence-corrected chi connectivity index (χ3v) is 7.39. The van der Waals surface area contributed by atoms with Gasteiger partial charge in [-0.1, -0.05) is 39.3 Å². The van der Waals surface area contributed by atoms with Gasteiger partial charge in [0.15, 0.2) is 0 Å². The van der Waals surface area contributed by atoms with E-state index in [1.807, 2.05) is 7.05 Å². The summed E-state index contributed by atoms with van der Waals surface area (Å²) in [5.74, 6) is 0.262. The van der Waals surface area contributed by atoms with Crippen LogP contribution >= 0.6 is 11.6 Å². The van der Waals surface area contributed by atoms with E-state index in [1.54, 1.807) is 6.07 Å². The standard InChI is InChI=1S/C19H30ClN3O3S/c1-13(2)18(14(3)4)21-19(24)15-6-7-16(20)17(12-15)27(25,26)23-10-8-22(5)9-11-23/h6-7,12-14,18H,8-11H2,1-5H3,(H,21,24). The quantitative estimate of drug-likeness (QED) is 0.775. The summed E-state index contributed by atoms with van der Waals surface area (Å²) in [4.78, 5) is 14.8. The van der Waals surface area contributed by atoms with E-state index in [1.165, 1.54) is 16.4 Å². The molecule has 0 spiro atoms. The summed E-state index contributed by atoms with van der Waals surface area (Å²) in [6, 6.07) is 4.45. The SMILES string of the molecule is CC(C)C(NC(=O)c1ccc(Cl)c(S(=O)(=O)N2CCN(C)CC2)c1)C(C)C. The first kappa shape index (κ1) is 22.1. The molecule has 1 heterocycles. The summed E-state index contributed by atoms with van der Waals surface area (Å²) < 4.78 is 27.5. The van der Waals surface area contributed by atoms with E-state index in [-0.39, 0.29) is 33.7 Å². The summed E-state index contributed by atoms with van der Waals surface area (Å²) >= 11 is 6.19. The number of rotatable bonds is 6. The minimum atomic E-state index is -3.74. The van der Waals surface area contributed by atoms with E-state index < -0.39 is 10.0 Å². The van der Waals surface area contributed by atoms with E-state index in [2.05, 4.69) is 37.9 Å². The van der Waals surface area contributed by atoms with E-state index in [9.17, 15) is 13.2 Å². The van der Waals surface area contributed by atoms with Gasteiger partial charge in [0, 0.05) is 37.8 Å². The number of halogens is 1. The number of amides is 1. The Morgan fingerprint density at radius 3 is 2.15 bits per heavy atom. The lowest BCUT2D eigenvalue weighted by Gasteiger charge is -2.31. The Kier molecular flexibility index (Phi) is 7.30. The number of likely N-dealkylation sites (N-methyl/N-ethyl adjacent to an activating group) is 1. The Balaban J connectivity index is 2.29. The van der Waals surface area contributed by atoms with Gasteiger partial charge in [0.1, 0.15) is 4.90 Å². The van der Waals surface area contributed by atoms with Crippen molar-refractivity contribution >= 4 is 27.5 Å². The molecule has 0 aliphatic carbocycles. The summed E-state index contributed by atoms with van der Waals surface area (Å²) in [5, 5.41) is 3.15. The van der Waals surface area contributed by atoms with Crippen LogP contribution < -0.4 is 5.32 Å². The lowest BCUT2D eigenvalue weighted by Crippen LogP contribution is -2.47. The molecule has 0 radical (unpaired) electrons. The summed E-state index contributed by atoms with van der Waals surface area (Å²) in [6.07, 6.45) is 0. The van der Waals surface area contributed by atoms with Crippen LogP contribution in [0.2, 0.25) is 5.02 Å². The van der Waals surface area contributed by atoms with Gasteiger partial charge in [-0.05, 0) is 37.1 Å². The Labute approximate surface area is 167 Å². The number of nitrogens with zero attached hydrogens (tertiary/aromatic N) is 2. The largest absolute Gasteiger partial charge is 0.349 e. The van der Waals surface area contributed by atoms with E-state index in [0.717, 1.165) is 0 Å². The van der Waals surface area contributed by atoms with Crippen molar-refractivity contribution in [3.63, 3.8) is 0 Å². The lowest BCUT2D eigenvalue weighted by atomic mass is 9.93. The summed E-state index contributed by atoms with van der Waals surface area (Å²) in [5.41, 5.74) is 0.304. The number of carbonyl (C=O) groups excluding carboxylic acids is 1. The van der Waals surface area contributed by atoms with Crippen LogP contribution in [0.5, 0.6) is 0 Å². The molecule has 152 valence electrons. The molecule has 27 heavy (non-hydrogen) atoms. The molecule has 6 nitrogen and oxygen atoms in total. The van der Waals surface area contributed by atoms with Crippen LogP contribution in [0.1, 0.15) is 38.1 Å². The third-order valence-electron chi connectivity index (χ3n) is 5.01. The van der Waals surface area contributed by atoms with Gasteiger partial charge in [0.25, 0.3) is 5.91 Å². The molecular weight excluding hydrogens is 386 g/mol. The monoisotopic (exact) mass is 415 g/mol. The predicted octanol–water partition coefficient (Wildman–Crippen LogP) is 2.69. The van der Waals surface area contributed by atoms with Crippen LogP contribution in [-0.4, -0.2) is 62.8 Å². The lowest BCUT2D eigenvalue weighted by molar-refractivity contribution is 0.0910. The zero-order valence-electron chi connectivity index (χ0n) is 16.7. The minimum Gasteiger partial charge on any atom is -0.349 e. The van der Waals surface area contributed by atoms with Crippen molar-refractivity contribution in [2.75, 3.05) is 33.2 Å². The first-order valence-corrected chi connectivity index (χ1v) is 11.1. The van der Waals surface area contributed by atoms with E-state index >= 15 is 0 Å². The van der Waals surface area contributed by atoms with Gasteiger partial charge in [-0.2, -0.15) is 4.31 Å². The Hall–Kier alpha value is -1.15. The highest BCUT2D eigenvalue weighted by atomic mass is 35.5. The Morgan fingerprint density at radius 2 is 1.63 bits per heavy atom. The Morgan fingerprint density at radius 1 is 1.07 bits per heavy atom. The van der Waals surface area contributed by atoms with Crippen LogP contribution in [0.3, 0.4) is 0 Å². The molecular formula is C19H30ClN3O3S. The molecule has 0 atom stereocenters. The molecule has 8 heteroatoms. The first-order valence-electron chi connectivity index (χ1n) is 9.33. The fraction of sp³-hybridized carbons (Fsp3) is 0.632. The van der Waals surface area contributed by atoms with Crippen molar-refractivity contribution in [1.29, 1.82) is 0 Å². The third kappa shape index (κ3) is 5.22. The van der Waals surface area contributed by atoms with Crippen molar-refractivity contribution < 1.29 is 13.2 Å². The van der Waals surface area contributed by atoms with Crippen LogP contribution in [0.25, 0.3) is 0 Å². The average molecular weight is 416 g/mol. The molecule has 1 aromatic carbocycles. The van der Waals surface area contributed by atoms with Gasteiger partial charge in [-0.15, -0.1) is 0 Å². The predicted molar refractivity (Wildman–Crippen MR) is 109 cm³/mol. The van der Waals surface area contributed by atoms with E-state index in [0.29, 0.717) is 31.7 Å². The smallest absolute Gasteiger partial charge is 0.251 e. The first-order chi connectivity index (χ1) is 12.5. The van der Waals surface area contributed by atoms with Crippen molar-refractivity contribution in [2.24, 2.45) is 11.8 Å².